The molecule has 1 saturated carbocycles. The molecule has 0 amide bonds. The van der Waals surface area contributed by atoms with Crippen LogP contribution in [-0.2, 0) is 5.41 Å². The van der Waals surface area contributed by atoms with Gasteiger partial charge in [-0.1, -0.05) is 25.5 Å². The number of benzene rings is 1. The minimum absolute atomic E-state index is 0.239. The fourth-order valence-electron chi connectivity index (χ4n) is 2.57. The van der Waals surface area contributed by atoms with Crippen molar-refractivity contribution in [2.45, 2.75) is 25.2 Å². The van der Waals surface area contributed by atoms with Crippen LogP contribution < -0.4 is 10.5 Å². The lowest BCUT2D eigenvalue weighted by Crippen LogP contribution is -2.22. The number of ether oxygens (including phenoxy) is 1. The second kappa shape index (κ2) is 3.86. The maximum absolute atomic E-state index is 5.92. The van der Waals surface area contributed by atoms with Crippen molar-refractivity contribution in [3.63, 3.8) is 0 Å². The van der Waals surface area contributed by atoms with E-state index in [-0.39, 0.29) is 5.41 Å². The van der Waals surface area contributed by atoms with Crippen molar-refractivity contribution in [1.29, 1.82) is 0 Å². The minimum Gasteiger partial charge on any atom is -0.497 e. The number of methoxy groups -OCH3 is 1. The summed E-state index contributed by atoms with van der Waals surface area (Å²) in [6.07, 6.45) is 2.45. The number of hydrogen-bond acceptors (Lipinski definition) is 2. The van der Waals surface area contributed by atoms with E-state index in [0.29, 0.717) is 0 Å². The number of rotatable bonds is 4. The van der Waals surface area contributed by atoms with Gasteiger partial charge < -0.3 is 10.5 Å². The van der Waals surface area contributed by atoms with Crippen molar-refractivity contribution in [3.8, 4) is 5.75 Å². The van der Waals surface area contributed by atoms with Crippen LogP contribution in [0.4, 0.5) is 0 Å². The van der Waals surface area contributed by atoms with Gasteiger partial charge in [-0.2, -0.15) is 0 Å². The van der Waals surface area contributed by atoms with Gasteiger partial charge in [0.1, 0.15) is 5.75 Å². The van der Waals surface area contributed by atoms with Gasteiger partial charge in [-0.05, 0) is 30.0 Å². The Hall–Kier alpha value is -1.02. The lowest BCUT2D eigenvalue weighted by Gasteiger charge is -2.16. The second-order valence-corrected chi connectivity index (χ2v) is 4.40. The first kappa shape index (κ1) is 10.5. The Balaban J connectivity index is 2.28. The smallest absolute Gasteiger partial charge is 0.119 e. The summed E-state index contributed by atoms with van der Waals surface area (Å²) >= 11 is 0. The largest absolute Gasteiger partial charge is 0.497 e. The van der Waals surface area contributed by atoms with Crippen LogP contribution in [0.2, 0.25) is 0 Å². The molecule has 0 bridgehead atoms. The van der Waals surface area contributed by atoms with E-state index in [1.807, 2.05) is 6.07 Å². The summed E-state index contributed by atoms with van der Waals surface area (Å²) < 4.78 is 5.25. The topological polar surface area (TPSA) is 35.2 Å². The summed E-state index contributed by atoms with van der Waals surface area (Å²) in [5, 5.41) is 0. The molecule has 2 heteroatoms. The van der Waals surface area contributed by atoms with Crippen LogP contribution in [0.5, 0.6) is 5.75 Å². The van der Waals surface area contributed by atoms with Crippen LogP contribution in [-0.4, -0.2) is 13.7 Å². The molecule has 0 aliphatic heterocycles. The van der Waals surface area contributed by atoms with Crippen LogP contribution in [0.3, 0.4) is 0 Å². The lowest BCUT2D eigenvalue weighted by atomic mass is 9.92. The molecule has 2 N–H and O–H groups in total. The van der Waals surface area contributed by atoms with Gasteiger partial charge in [0.05, 0.1) is 7.11 Å². The van der Waals surface area contributed by atoms with Crippen LogP contribution in [0.25, 0.3) is 0 Å². The second-order valence-electron chi connectivity index (χ2n) is 4.40. The van der Waals surface area contributed by atoms with Gasteiger partial charge in [0.25, 0.3) is 0 Å². The monoisotopic (exact) mass is 205 g/mol. The van der Waals surface area contributed by atoms with E-state index in [1.54, 1.807) is 7.11 Å². The molecule has 1 aliphatic rings. The van der Waals surface area contributed by atoms with E-state index >= 15 is 0 Å². The molecule has 0 spiro atoms. The molecule has 1 aliphatic carbocycles. The van der Waals surface area contributed by atoms with Crippen molar-refractivity contribution in [1.82, 2.24) is 0 Å². The zero-order chi connectivity index (χ0) is 10.9. The highest BCUT2D eigenvalue weighted by molar-refractivity contribution is 5.39. The molecule has 15 heavy (non-hydrogen) atoms. The standard InChI is InChI=1S/C13H19NO/c1-3-10-8-13(10,9-14)11-5-4-6-12(7-11)15-2/h4-7,10H,3,8-9,14H2,1-2H3. The summed E-state index contributed by atoms with van der Waals surface area (Å²) in [5.41, 5.74) is 7.50. The van der Waals surface area contributed by atoms with Gasteiger partial charge in [-0.25, -0.2) is 0 Å². The quantitative estimate of drug-likeness (QED) is 0.818. The SMILES string of the molecule is CCC1CC1(CN)c1cccc(OC)c1. The van der Waals surface area contributed by atoms with Gasteiger partial charge in [-0.15, -0.1) is 0 Å². The van der Waals surface area contributed by atoms with Crippen molar-refractivity contribution in [2.75, 3.05) is 13.7 Å². The van der Waals surface area contributed by atoms with Gasteiger partial charge in [0.2, 0.25) is 0 Å². The first-order chi connectivity index (χ1) is 7.26. The molecule has 1 aromatic carbocycles. The molecule has 2 atom stereocenters. The van der Waals surface area contributed by atoms with E-state index < -0.39 is 0 Å². The van der Waals surface area contributed by atoms with Crippen molar-refractivity contribution >= 4 is 0 Å². The van der Waals surface area contributed by atoms with Gasteiger partial charge in [-0.3, -0.25) is 0 Å². The Labute approximate surface area is 91.4 Å². The molecule has 0 saturated heterocycles. The minimum atomic E-state index is 0.239. The van der Waals surface area contributed by atoms with E-state index in [9.17, 15) is 0 Å². The highest BCUT2D eigenvalue weighted by Gasteiger charge is 2.52. The first-order valence-corrected chi connectivity index (χ1v) is 5.61. The normalized spacial score (nSPS) is 28.9. The highest BCUT2D eigenvalue weighted by Crippen LogP contribution is 2.55. The molecular formula is C13H19NO. The summed E-state index contributed by atoms with van der Waals surface area (Å²) in [6, 6.07) is 8.33. The van der Waals surface area contributed by atoms with E-state index in [0.717, 1.165) is 18.2 Å². The summed E-state index contributed by atoms with van der Waals surface area (Å²) in [6.45, 7) is 2.99. The average Bonchev–Trinajstić information content (AvgIpc) is 3.04. The van der Waals surface area contributed by atoms with Crippen molar-refractivity contribution in [3.05, 3.63) is 29.8 Å². The van der Waals surface area contributed by atoms with E-state index in [1.165, 1.54) is 18.4 Å². The molecule has 0 radical (unpaired) electrons. The number of nitrogens with two attached hydrogens (primary N) is 1. The predicted octanol–water partition coefficient (Wildman–Crippen LogP) is 2.32. The third-order valence-electron chi connectivity index (χ3n) is 3.73. The van der Waals surface area contributed by atoms with E-state index in [2.05, 4.69) is 25.1 Å². The molecule has 0 heterocycles. The van der Waals surface area contributed by atoms with E-state index in [4.69, 9.17) is 10.5 Å². The average molecular weight is 205 g/mol. The van der Waals surface area contributed by atoms with Gasteiger partial charge >= 0.3 is 0 Å². The van der Waals surface area contributed by atoms with Crippen molar-refractivity contribution < 1.29 is 4.74 Å². The molecule has 2 nitrogen and oxygen atoms in total. The Morgan fingerprint density at radius 3 is 2.87 bits per heavy atom. The molecular weight excluding hydrogens is 186 g/mol. The van der Waals surface area contributed by atoms with Gasteiger partial charge in [0.15, 0.2) is 0 Å². The zero-order valence-electron chi connectivity index (χ0n) is 9.49. The fraction of sp³-hybridized carbons (Fsp3) is 0.538. The fourth-order valence-corrected chi connectivity index (χ4v) is 2.57. The molecule has 1 fully saturated rings. The molecule has 2 rings (SSSR count). The molecule has 2 unspecified atom stereocenters. The van der Waals surface area contributed by atoms with Crippen LogP contribution in [0.15, 0.2) is 24.3 Å². The van der Waals surface area contributed by atoms with Crippen LogP contribution in [0, 0.1) is 5.92 Å². The molecule has 1 aromatic rings. The lowest BCUT2D eigenvalue weighted by molar-refractivity contribution is 0.413. The third kappa shape index (κ3) is 1.63. The summed E-state index contributed by atoms with van der Waals surface area (Å²) in [4.78, 5) is 0. The van der Waals surface area contributed by atoms with Crippen molar-refractivity contribution in [2.24, 2.45) is 11.7 Å². The van der Waals surface area contributed by atoms with Crippen LogP contribution in [0.1, 0.15) is 25.3 Å². The molecule has 82 valence electrons. The highest BCUT2D eigenvalue weighted by atomic mass is 16.5. The molecule has 0 aromatic heterocycles. The Bertz CT molecular complexity index is 350. The maximum Gasteiger partial charge on any atom is 0.119 e. The zero-order valence-corrected chi connectivity index (χ0v) is 9.49. The number of hydrogen-bond donors (Lipinski definition) is 1. The Kier molecular flexibility index (Phi) is 2.70. The Morgan fingerprint density at radius 1 is 1.53 bits per heavy atom. The summed E-state index contributed by atoms with van der Waals surface area (Å²) in [7, 11) is 1.71. The Morgan fingerprint density at radius 2 is 2.33 bits per heavy atom. The first-order valence-electron chi connectivity index (χ1n) is 5.61. The third-order valence-corrected chi connectivity index (χ3v) is 3.73. The maximum atomic E-state index is 5.92. The summed E-state index contributed by atoms with van der Waals surface area (Å²) in [5.74, 6) is 1.69. The van der Waals surface area contributed by atoms with Gasteiger partial charge in [0, 0.05) is 12.0 Å². The van der Waals surface area contributed by atoms with Crippen LogP contribution >= 0.6 is 0 Å². The predicted molar refractivity (Wildman–Crippen MR) is 62.1 cm³/mol.